The lowest BCUT2D eigenvalue weighted by atomic mass is 9.78. The number of nitrogens with one attached hydrogen (secondary N) is 1. The summed E-state index contributed by atoms with van der Waals surface area (Å²) in [4.78, 5) is 33.3. The van der Waals surface area contributed by atoms with Crippen molar-refractivity contribution >= 4 is 32.7 Å². The maximum absolute atomic E-state index is 15.1. The lowest BCUT2D eigenvalue weighted by molar-refractivity contribution is -0.144. The van der Waals surface area contributed by atoms with Crippen molar-refractivity contribution in [2.75, 3.05) is 33.8 Å². The molecule has 268 valence electrons. The van der Waals surface area contributed by atoms with Crippen LogP contribution in [0.1, 0.15) is 118 Å². The molecule has 50 heavy (non-hydrogen) atoms. The molecule has 2 atom stereocenters. The Balaban J connectivity index is 1.28. The molecule has 1 saturated heterocycles. The Labute approximate surface area is 296 Å². The minimum atomic E-state index is -3.80. The summed E-state index contributed by atoms with van der Waals surface area (Å²) in [5.41, 5.74) is 5.44. The van der Waals surface area contributed by atoms with Crippen molar-refractivity contribution in [1.29, 1.82) is 0 Å². The average molecular weight is 701 g/mol. The van der Waals surface area contributed by atoms with Crippen molar-refractivity contribution in [3.8, 4) is 17.0 Å². The Hall–Kier alpha value is -3.37. The fourth-order valence-corrected chi connectivity index (χ4v) is 10.6. The molecule has 3 heterocycles. The molecule has 1 N–H and O–H groups in total. The summed E-state index contributed by atoms with van der Waals surface area (Å²) < 4.78 is 35.8. The van der Waals surface area contributed by atoms with Crippen LogP contribution in [-0.4, -0.2) is 79.2 Å². The predicted octanol–water partition coefficient (Wildman–Crippen LogP) is 6.80. The first-order chi connectivity index (χ1) is 24.0. The van der Waals surface area contributed by atoms with Gasteiger partial charge in [0.2, 0.25) is 15.9 Å². The molecule has 2 amide bonds. The predicted molar refractivity (Wildman–Crippen MR) is 196 cm³/mol. The number of amides is 2. The topological polar surface area (TPSA) is 101 Å². The minimum Gasteiger partial charge on any atom is -0.497 e. The van der Waals surface area contributed by atoms with Crippen molar-refractivity contribution in [3.05, 3.63) is 53.1 Å². The third-order valence-corrected chi connectivity index (χ3v) is 14.8. The van der Waals surface area contributed by atoms with Gasteiger partial charge in [-0.3, -0.25) is 14.5 Å². The monoisotopic (exact) mass is 700 g/mol. The molecule has 9 nitrogen and oxygen atoms in total. The van der Waals surface area contributed by atoms with Gasteiger partial charge in [-0.15, -0.1) is 0 Å². The smallest absolute Gasteiger partial charge is 0.264 e. The third kappa shape index (κ3) is 5.38. The molecule has 5 aliphatic rings. The number of benzene rings is 2. The molecule has 3 aliphatic carbocycles. The van der Waals surface area contributed by atoms with Crippen LogP contribution in [0.3, 0.4) is 0 Å². The maximum Gasteiger partial charge on any atom is 0.264 e. The quantitative estimate of drug-likeness (QED) is 0.304. The molecule has 3 saturated carbocycles. The molecule has 0 radical (unpaired) electrons. The van der Waals surface area contributed by atoms with E-state index in [-0.39, 0.29) is 17.4 Å². The van der Waals surface area contributed by atoms with Crippen molar-refractivity contribution in [3.63, 3.8) is 0 Å². The van der Waals surface area contributed by atoms with E-state index >= 15 is 4.79 Å². The number of ether oxygens (including phenoxy) is 1. The summed E-state index contributed by atoms with van der Waals surface area (Å²) >= 11 is 0. The maximum atomic E-state index is 15.1. The molecule has 10 heteroatoms. The standard InChI is InChI=1S/C40H52N4O5S/c1-26(2)50(47,48)41-37(45)28-13-15-31-34(21-28)44-25-40(38(46)43-20-19-42(3)39(24-43)17-9-6-10-18-39)23-33(40)32-22-29(49-4)14-16-30(32)36(44)35(31)27-11-7-5-8-12-27/h13-16,21-22,26-27,33H,5-12,17-20,23-25H2,1-4H3,(H,41,45). The van der Waals surface area contributed by atoms with Gasteiger partial charge in [-0.25, -0.2) is 13.1 Å². The van der Waals surface area contributed by atoms with Gasteiger partial charge in [0, 0.05) is 59.7 Å². The van der Waals surface area contributed by atoms with Crippen LogP contribution >= 0.6 is 0 Å². The summed E-state index contributed by atoms with van der Waals surface area (Å²) in [5.74, 6) is 0.855. The summed E-state index contributed by atoms with van der Waals surface area (Å²) in [5, 5.41) is 0.366. The summed E-state index contributed by atoms with van der Waals surface area (Å²) in [6, 6.07) is 12.0. The second kappa shape index (κ2) is 12.4. The Morgan fingerprint density at radius 1 is 0.940 bits per heavy atom. The molecular formula is C40H52N4O5S. The van der Waals surface area contributed by atoms with Gasteiger partial charge in [-0.2, -0.15) is 0 Å². The fourth-order valence-electron chi connectivity index (χ4n) is 10.0. The molecule has 0 bridgehead atoms. The van der Waals surface area contributed by atoms with E-state index in [1.54, 1.807) is 27.0 Å². The molecule has 3 aromatic rings. The highest BCUT2D eigenvalue weighted by molar-refractivity contribution is 7.90. The zero-order valence-electron chi connectivity index (χ0n) is 30.1. The normalized spacial score (nSPS) is 25.1. The third-order valence-electron chi connectivity index (χ3n) is 13.1. The molecule has 1 spiro atoms. The zero-order chi connectivity index (χ0) is 35.0. The van der Waals surface area contributed by atoms with Crippen LogP contribution in [0.4, 0.5) is 0 Å². The minimum absolute atomic E-state index is 0.0527. The highest BCUT2D eigenvalue weighted by Gasteiger charge is 2.64. The number of sulfonamides is 1. The fraction of sp³-hybridized carbons (Fsp3) is 0.600. The number of hydrogen-bond donors (Lipinski definition) is 1. The first-order valence-electron chi connectivity index (χ1n) is 18.9. The molecule has 4 fully saturated rings. The van der Waals surface area contributed by atoms with Crippen molar-refractivity contribution in [2.45, 2.75) is 114 Å². The van der Waals surface area contributed by atoms with Gasteiger partial charge in [0.15, 0.2) is 0 Å². The largest absolute Gasteiger partial charge is 0.497 e. The summed E-state index contributed by atoms with van der Waals surface area (Å²) in [6.07, 6.45) is 12.5. The van der Waals surface area contributed by atoms with E-state index in [0.29, 0.717) is 18.0 Å². The molecule has 2 aliphatic heterocycles. The van der Waals surface area contributed by atoms with Gasteiger partial charge in [0.25, 0.3) is 5.91 Å². The van der Waals surface area contributed by atoms with Gasteiger partial charge in [0.05, 0.1) is 23.5 Å². The Kier molecular flexibility index (Phi) is 8.37. The lowest BCUT2D eigenvalue weighted by Gasteiger charge is -2.52. The van der Waals surface area contributed by atoms with Crippen LogP contribution in [0.25, 0.3) is 22.2 Å². The first-order valence-corrected chi connectivity index (χ1v) is 20.4. The Morgan fingerprint density at radius 2 is 1.68 bits per heavy atom. The van der Waals surface area contributed by atoms with E-state index in [1.807, 2.05) is 18.2 Å². The van der Waals surface area contributed by atoms with Gasteiger partial charge >= 0.3 is 0 Å². The first kappa shape index (κ1) is 33.8. The highest BCUT2D eigenvalue weighted by Crippen LogP contribution is 2.66. The summed E-state index contributed by atoms with van der Waals surface area (Å²) in [7, 11) is 0.139. The molecular weight excluding hydrogens is 649 g/mol. The van der Waals surface area contributed by atoms with Crippen LogP contribution in [0.5, 0.6) is 5.75 Å². The number of piperazine rings is 1. The lowest BCUT2D eigenvalue weighted by Crippen LogP contribution is -2.63. The van der Waals surface area contributed by atoms with E-state index in [1.165, 1.54) is 49.7 Å². The highest BCUT2D eigenvalue weighted by atomic mass is 32.2. The van der Waals surface area contributed by atoms with E-state index in [9.17, 15) is 13.2 Å². The Bertz CT molecular complexity index is 1950. The number of fused-ring (bicyclic) bond motifs is 7. The SMILES string of the molecule is COc1ccc2c(c1)C1CC1(C(=O)N1CCN(C)C3(CCCCC3)C1)Cn1c-2c(C2CCCCC2)c2ccc(C(=O)NS(=O)(=O)C(C)C)cc21. The van der Waals surface area contributed by atoms with Gasteiger partial charge in [-0.05, 0) is 100 Å². The number of carbonyl (C=O) groups excluding carboxylic acids is 2. The average Bonchev–Trinajstić information content (AvgIpc) is 3.79. The summed E-state index contributed by atoms with van der Waals surface area (Å²) in [6.45, 7) is 6.06. The van der Waals surface area contributed by atoms with Crippen LogP contribution in [0.15, 0.2) is 36.4 Å². The van der Waals surface area contributed by atoms with E-state index in [0.717, 1.165) is 79.6 Å². The van der Waals surface area contributed by atoms with Crippen LogP contribution in [-0.2, 0) is 21.4 Å². The second-order valence-electron chi connectivity index (χ2n) is 16.2. The van der Waals surface area contributed by atoms with Crippen molar-refractivity contribution < 1.29 is 22.7 Å². The molecule has 2 aromatic carbocycles. The van der Waals surface area contributed by atoms with Crippen LogP contribution in [0.2, 0.25) is 0 Å². The number of aromatic nitrogens is 1. The van der Waals surface area contributed by atoms with Gasteiger partial charge in [0.1, 0.15) is 5.75 Å². The Morgan fingerprint density at radius 3 is 2.40 bits per heavy atom. The molecule has 8 rings (SSSR count). The van der Waals surface area contributed by atoms with Crippen LogP contribution in [0, 0.1) is 5.41 Å². The van der Waals surface area contributed by atoms with Gasteiger partial charge < -0.3 is 14.2 Å². The number of methoxy groups -OCH3 is 1. The van der Waals surface area contributed by atoms with Gasteiger partial charge in [-0.1, -0.05) is 44.6 Å². The number of hydrogen-bond acceptors (Lipinski definition) is 6. The number of nitrogens with zero attached hydrogens (tertiary/aromatic N) is 3. The van der Waals surface area contributed by atoms with Crippen molar-refractivity contribution in [2.24, 2.45) is 5.41 Å². The van der Waals surface area contributed by atoms with Crippen LogP contribution < -0.4 is 9.46 Å². The number of likely N-dealkylation sites (N-methyl/N-ethyl adjacent to an activating group) is 1. The molecule has 2 unspecified atom stereocenters. The number of carbonyl (C=O) groups is 2. The van der Waals surface area contributed by atoms with E-state index in [4.69, 9.17) is 4.74 Å². The second-order valence-corrected chi connectivity index (χ2v) is 18.5. The van der Waals surface area contributed by atoms with Crippen molar-refractivity contribution in [1.82, 2.24) is 19.1 Å². The van der Waals surface area contributed by atoms with E-state index < -0.39 is 26.6 Å². The van der Waals surface area contributed by atoms with E-state index in [2.05, 4.69) is 38.3 Å². The zero-order valence-corrected chi connectivity index (χ0v) is 30.9. The molecule has 1 aromatic heterocycles. The number of rotatable bonds is 6.